The Morgan fingerprint density at radius 1 is 1.38 bits per heavy atom. The molecule has 1 aliphatic carbocycles. The van der Waals surface area contributed by atoms with Crippen LogP contribution in [-0.4, -0.2) is 34.5 Å². The van der Waals surface area contributed by atoms with Gasteiger partial charge < -0.3 is 10.5 Å². The number of ether oxygens (including phenoxy) is 1. The minimum absolute atomic E-state index is 0.0203. The van der Waals surface area contributed by atoms with Crippen LogP contribution in [0, 0.1) is 0 Å². The summed E-state index contributed by atoms with van der Waals surface area (Å²) >= 11 is 0. The second kappa shape index (κ2) is 5.59. The van der Waals surface area contributed by atoms with Gasteiger partial charge in [-0.05, 0) is 19.3 Å². The molecule has 1 saturated heterocycles. The third-order valence-corrected chi connectivity index (χ3v) is 5.67. The fourth-order valence-corrected chi connectivity index (χ4v) is 4.27. The molecule has 3 N–H and O–H groups in total. The van der Waals surface area contributed by atoms with E-state index < -0.39 is 31.3 Å². The molecule has 3 aliphatic rings. The first-order valence-corrected chi connectivity index (χ1v) is 9.01. The van der Waals surface area contributed by atoms with Gasteiger partial charge in [-0.25, -0.2) is 13.9 Å². The van der Waals surface area contributed by atoms with Crippen molar-refractivity contribution in [3.8, 4) is 0 Å². The van der Waals surface area contributed by atoms with Crippen molar-refractivity contribution in [3.63, 3.8) is 0 Å². The van der Waals surface area contributed by atoms with E-state index in [2.05, 4.69) is 4.98 Å². The van der Waals surface area contributed by atoms with Gasteiger partial charge in [-0.1, -0.05) is 0 Å². The van der Waals surface area contributed by atoms with Gasteiger partial charge in [0.2, 0.25) is 5.88 Å². The van der Waals surface area contributed by atoms with Crippen LogP contribution in [-0.2, 0) is 22.9 Å². The number of phosphoric acid groups is 1. The van der Waals surface area contributed by atoms with Crippen molar-refractivity contribution in [2.24, 2.45) is 5.73 Å². The van der Waals surface area contributed by atoms with E-state index >= 15 is 0 Å². The summed E-state index contributed by atoms with van der Waals surface area (Å²) < 4.78 is 35.3. The number of hydrogen-bond donors (Lipinski definition) is 2. The fraction of sp³-hybridized carbons (Fsp3) is 0.538. The summed E-state index contributed by atoms with van der Waals surface area (Å²) in [4.78, 5) is 25.1. The maximum Gasteiger partial charge on any atom is 0.475 e. The summed E-state index contributed by atoms with van der Waals surface area (Å²) in [6.45, 7) is -0.0447. The summed E-state index contributed by atoms with van der Waals surface area (Å²) in [6, 6.07) is 1.16. The standard InChI is InChI=1S/C13H16N3O7P/c14-10-11-8(6-20-24(19,23-11)22-7-2-1-3-7)21-12(10)16-5-4-9(17)15-13(16)18/h4-5,7-8,11H,1-3,6,14H2,(H,15,17,18)/t8-,11?,24-/m1/s1. The molecule has 0 bridgehead atoms. The molecule has 2 aliphatic heterocycles. The number of nitrogens with zero attached hydrogens (tertiary/aromatic N) is 1. The molecule has 130 valence electrons. The highest BCUT2D eigenvalue weighted by molar-refractivity contribution is 7.48. The zero-order chi connectivity index (χ0) is 16.9. The second-order valence-corrected chi connectivity index (χ2v) is 7.40. The Bertz CT molecular complexity index is 856. The number of phosphoric ester groups is 1. The van der Waals surface area contributed by atoms with Gasteiger partial charge in [0.15, 0.2) is 12.2 Å². The normalized spacial score (nSPS) is 33.0. The van der Waals surface area contributed by atoms with Gasteiger partial charge in [-0.2, -0.15) is 0 Å². The van der Waals surface area contributed by atoms with Gasteiger partial charge in [0.1, 0.15) is 5.70 Å². The Morgan fingerprint density at radius 2 is 2.17 bits per heavy atom. The minimum atomic E-state index is -3.72. The molecule has 0 radical (unpaired) electrons. The number of H-pyrrole nitrogens is 1. The highest BCUT2D eigenvalue weighted by Gasteiger charge is 2.49. The third-order valence-electron chi connectivity index (χ3n) is 4.17. The van der Waals surface area contributed by atoms with E-state index in [-0.39, 0.29) is 24.3 Å². The van der Waals surface area contributed by atoms with E-state index in [1.54, 1.807) is 0 Å². The molecular weight excluding hydrogens is 341 g/mol. The van der Waals surface area contributed by atoms with Gasteiger partial charge in [0, 0.05) is 12.3 Å². The van der Waals surface area contributed by atoms with Gasteiger partial charge in [-0.15, -0.1) is 0 Å². The summed E-state index contributed by atoms with van der Waals surface area (Å²) in [5, 5.41) is 0. The molecule has 1 aromatic heterocycles. The van der Waals surface area contributed by atoms with Crippen LogP contribution in [0.3, 0.4) is 0 Å². The van der Waals surface area contributed by atoms with Gasteiger partial charge in [-0.3, -0.25) is 23.3 Å². The van der Waals surface area contributed by atoms with Crippen molar-refractivity contribution in [1.29, 1.82) is 0 Å². The summed E-state index contributed by atoms with van der Waals surface area (Å²) in [7, 11) is -3.72. The largest absolute Gasteiger partial charge is 0.475 e. The Morgan fingerprint density at radius 3 is 2.83 bits per heavy atom. The molecule has 0 spiro atoms. The van der Waals surface area contributed by atoms with Gasteiger partial charge in [0.25, 0.3) is 5.56 Å². The zero-order valence-corrected chi connectivity index (χ0v) is 13.4. The predicted molar refractivity (Wildman–Crippen MR) is 80.8 cm³/mol. The number of rotatable bonds is 3. The lowest BCUT2D eigenvalue weighted by Crippen LogP contribution is -2.38. The Labute approximate surface area is 135 Å². The van der Waals surface area contributed by atoms with E-state index in [1.165, 1.54) is 6.20 Å². The highest BCUT2D eigenvalue weighted by atomic mass is 31.2. The lowest BCUT2D eigenvalue weighted by Gasteiger charge is -2.34. The molecule has 3 atom stereocenters. The molecule has 0 aromatic carbocycles. The number of aromatic amines is 1. The minimum Gasteiger partial charge on any atom is -0.468 e. The molecule has 1 unspecified atom stereocenters. The number of hydrogen-bond acceptors (Lipinski definition) is 8. The average molecular weight is 357 g/mol. The molecule has 4 rings (SSSR count). The van der Waals surface area contributed by atoms with Crippen LogP contribution >= 0.6 is 7.82 Å². The molecular formula is C13H16N3O7P. The lowest BCUT2D eigenvalue weighted by atomic mass is 9.97. The first-order valence-electron chi connectivity index (χ1n) is 7.55. The fourth-order valence-electron chi connectivity index (χ4n) is 2.66. The monoisotopic (exact) mass is 357 g/mol. The summed E-state index contributed by atoms with van der Waals surface area (Å²) in [5.41, 5.74) is 4.87. The van der Waals surface area contributed by atoms with E-state index in [9.17, 15) is 14.2 Å². The van der Waals surface area contributed by atoms with E-state index in [0.29, 0.717) is 0 Å². The van der Waals surface area contributed by atoms with Gasteiger partial charge >= 0.3 is 13.5 Å². The molecule has 24 heavy (non-hydrogen) atoms. The van der Waals surface area contributed by atoms with E-state index in [1.807, 2.05) is 0 Å². The van der Waals surface area contributed by atoms with Crippen molar-refractivity contribution >= 4 is 13.7 Å². The number of nitrogens with two attached hydrogens (primary N) is 1. The molecule has 11 heteroatoms. The maximum absolute atomic E-state index is 12.6. The quantitative estimate of drug-likeness (QED) is 0.728. The zero-order valence-electron chi connectivity index (χ0n) is 12.5. The van der Waals surface area contributed by atoms with Crippen LogP contribution in [0.5, 0.6) is 0 Å². The van der Waals surface area contributed by atoms with Gasteiger partial charge in [0.05, 0.1) is 12.7 Å². The summed E-state index contributed by atoms with van der Waals surface area (Å²) in [6.07, 6.45) is 2.24. The first kappa shape index (κ1) is 15.6. The number of nitrogens with one attached hydrogen (secondary N) is 1. The topological polar surface area (TPSA) is 135 Å². The Balaban J connectivity index is 1.61. The van der Waals surface area contributed by atoms with Crippen LogP contribution < -0.4 is 17.0 Å². The number of aromatic nitrogens is 2. The third kappa shape index (κ3) is 2.61. The first-order chi connectivity index (χ1) is 11.5. The molecule has 3 heterocycles. The van der Waals surface area contributed by atoms with Crippen molar-refractivity contribution in [2.75, 3.05) is 6.61 Å². The van der Waals surface area contributed by atoms with Crippen LogP contribution in [0.4, 0.5) is 0 Å². The van der Waals surface area contributed by atoms with E-state index in [4.69, 9.17) is 24.0 Å². The summed E-state index contributed by atoms with van der Waals surface area (Å²) in [5.74, 6) is 0.0203. The average Bonchev–Trinajstić information content (AvgIpc) is 2.80. The Kier molecular flexibility index (Phi) is 3.65. The molecule has 2 fully saturated rings. The molecule has 10 nitrogen and oxygen atoms in total. The van der Waals surface area contributed by atoms with Crippen molar-refractivity contribution < 1.29 is 22.9 Å². The predicted octanol–water partition coefficient (Wildman–Crippen LogP) is 0.113. The smallest absolute Gasteiger partial charge is 0.468 e. The second-order valence-electron chi connectivity index (χ2n) is 5.82. The SMILES string of the molecule is NC1=C(n2ccc(=O)[nH]c2=O)O[C@@H]2CO[P@](=O)(OC3CCC3)OC12. The van der Waals surface area contributed by atoms with Crippen LogP contribution in [0.15, 0.2) is 27.5 Å². The van der Waals surface area contributed by atoms with E-state index in [0.717, 1.165) is 29.9 Å². The highest BCUT2D eigenvalue weighted by Crippen LogP contribution is 2.58. The molecule has 1 aromatic rings. The van der Waals surface area contributed by atoms with Crippen LogP contribution in [0.1, 0.15) is 19.3 Å². The van der Waals surface area contributed by atoms with Crippen LogP contribution in [0.2, 0.25) is 0 Å². The molecule has 0 amide bonds. The van der Waals surface area contributed by atoms with Crippen molar-refractivity contribution in [1.82, 2.24) is 9.55 Å². The maximum atomic E-state index is 12.6. The van der Waals surface area contributed by atoms with Crippen LogP contribution in [0.25, 0.3) is 5.88 Å². The lowest BCUT2D eigenvalue weighted by molar-refractivity contribution is -0.0495. The van der Waals surface area contributed by atoms with Crippen molar-refractivity contribution in [2.45, 2.75) is 37.6 Å². The number of fused-ring (bicyclic) bond motifs is 1. The molecule has 1 saturated carbocycles. The Hall–Kier alpha value is -1.87. The van der Waals surface area contributed by atoms with Crippen molar-refractivity contribution in [3.05, 3.63) is 38.8 Å².